The van der Waals surface area contributed by atoms with Crippen LogP contribution in [-0.4, -0.2) is 55.1 Å². The summed E-state index contributed by atoms with van der Waals surface area (Å²) in [6, 6.07) is -0.178. The monoisotopic (exact) mass is 383 g/mol. The van der Waals surface area contributed by atoms with Crippen molar-refractivity contribution in [2.75, 3.05) is 18.1 Å². The number of carbonyl (C=O) groups is 1. The van der Waals surface area contributed by atoms with Crippen LogP contribution in [0.3, 0.4) is 0 Å². The Morgan fingerprint density at radius 3 is 2.54 bits per heavy atom. The summed E-state index contributed by atoms with van der Waals surface area (Å²) >= 11 is 0. The molecule has 8 nitrogen and oxygen atoms in total. The van der Waals surface area contributed by atoms with Crippen LogP contribution in [0.5, 0.6) is 0 Å². The van der Waals surface area contributed by atoms with Crippen molar-refractivity contribution < 1.29 is 13.2 Å². The number of hydrogen-bond donors (Lipinski definition) is 2. The molecular weight excluding hydrogens is 354 g/mol. The zero-order chi connectivity index (χ0) is 18.4. The molecule has 4 rings (SSSR count). The Kier molecular flexibility index (Phi) is 4.71. The summed E-state index contributed by atoms with van der Waals surface area (Å²) in [4.78, 5) is 12.7. The van der Waals surface area contributed by atoms with Crippen LogP contribution in [0.1, 0.15) is 51.4 Å². The van der Waals surface area contributed by atoms with E-state index < -0.39 is 15.8 Å². The first kappa shape index (κ1) is 18.2. The number of sulfone groups is 1. The van der Waals surface area contributed by atoms with Crippen molar-refractivity contribution in [2.45, 2.75) is 69.1 Å². The maximum Gasteiger partial charge on any atom is 0.224 e. The van der Waals surface area contributed by atoms with E-state index in [1.807, 2.05) is 5.01 Å². The third kappa shape index (κ3) is 3.74. The molecule has 3 atom stereocenters. The molecule has 2 aliphatic carbocycles. The predicted molar refractivity (Wildman–Crippen MR) is 96.8 cm³/mol. The van der Waals surface area contributed by atoms with Crippen LogP contribution in [0.4, 0.5) is 0 Å². The molecule has 2 aliphatic heterocycles. The molecule has 3 N–H and O–H groups in total. The summed E-state index contributed by atoms with van der Waals surface area (Å²) in [5.41, 5.74) is 5.89. The molecule has 0 radical (unpaired) electrons. The van der Waals surface area contributed by atoms with E-state index in [2.05, 4.69) is 15.7 Å². The third-order valence-corrected chi connectivity index (χ3v) is 8.20. The summed E-state index contributed by atoms with van der Waals surface area (Å²) in [5.74, 6) is -0.0942. The molecule has 2 unspecified atom stereocenters. The predicted octanol–water partition coefficient (Wildman–Crippen LogP) is 0.986. The molecule has 0 bridgehead atoms. The molecular formula is C17H29N5O3S. The van der Waals surface area contributed by atoms with Crippen LogP contribution in [0.25, 0.3) is 0 Å². The number of hydrogen-bond acceptors (Lipinski definition) is 7. The largest absolute Gasteiger partial charge is 0.351 e. The Morgan fingerprint density at radius 1 is 1.19 bits per heavy atom. The highest BCUT2D eigenvalue weighted by molar-refractivity contribution is 7.91. The molecule has 0 spiro atoms. The average Bonchev–Trinajstić information content (AvgIpc) is 3.04. The molecule has 3 fully saturated rings. The summed E-state index contributed by atoms with van der Waals surface area (Å²) in [6.45, 7) is 0.640. The van der Waals surface area contributed by atoms with Gasteiger partial charge < -0.3 is 11.1 Å². The Morgan fingerprint density at radius 2 is 1.92 bits per heavy atom. The van der Waals surface area contributed by atoms with E-state index in [4.69, 9.17) is 5.73 Å². The lowest BCUT2D eigenvalue weighted by Crippen LogP contribution is -2.52. The van der Waals surface area contributed by atoms with Crippen LogP contribution in [0, 0.1) is 11.8 Å². The van der Waals surface area contributed by atoms with Gasteiger partial charge in [-0.1, -0.05) is 24.5 Å². The maximum absolute atomic E-state index is 12.7. The van der Waals surface area contributed by atoms with Gasteiger partial charge in [-0.2, -0.15) is 5.11 Å². The second kappa shape index (κ2) is 6.74. The Balaban J connectivity index is 1.45. The topological polar surface area (TPSA) is 117 Å². The smallest absolute Gasteiger partial charge is 0.224 e. The number of nitrogens with two attached hydrogens (primary N) is 1. The normalized spacial score (nSPS) is 34.0. The average molecular weight is 384 g/mol. The second-order valence-corrected chi connectivity index (χ2v) is 10.7. The van der Waals surface area contributed by atoms with Crippen LogP contribution in [0.15, 0.2) is 10.3 Å². The van der Waals surface area contributed by atoms with Crippen molar-refractivity contribution in [1.82, 2.24) is 10.3 Å². The fourth-order valence-electron chi connectivity index (χ4n) is 4.53. The summed E-state index contributed by atoms with van der Waals surface area (Å²) in [7, 11) is -3.07. The van der Waals surface area contributed by atoms with Gasteiger partial charge in [-0.3, -0.25) is 9.80 Å². The molecule has 0 aromatic heterocycles. The zero-order valence-corrected chi connectivity index (χ0v) is 16.0. The second-order valence-electron chi connectivity index (χ2n) is 8.49. The molecule has 0 aromatic rings. The van der Waals surface area contributed by atoms with Crippen molar-refractivity contribution in [2.24, 2.45) is 27.9 Å². The van der Waals surface area contributed by atoms with Gasteiger partial charge in [-0.15, -0.1) is 0 Å². The lowest BCUT2D eigenvalue weighted by atomic mass is 9.81. The number of amides is 1. The van der Waals surface area contributed by atoms with E-state index in [0.717, 1.165) is 25.7 Å². The highest BCUT2D eigenvalue weighted by Gasteiger charge is 2.49. The molecule has 4 aliphatic rings. The van der Waals surface area contributed by atoms with E-state index >= 15 is 0 Å². The van der Waals surface area contributed by atoms with Crippen molar-refractivity contribution in [3.63, 3.8) is 0 Å². The maximum atomic E-state index is 12.7. The van der Waals surface area contributed by atoms with Gasteiger partial charge in [-0.25, -0.2) is 8.42 Å². The Hall–Kier alpha value is -1.22. The lowest BCUT2D eigenvalue weighted by molar-refractivity contribution is -0.125. The highest BCUT2D eigenvalue weighted by Crippen LogP contribution is 2.39. The van der Waals surface area contributed by atoms with Gasteiger partial charge in [-0.05, 0) is 38.0 Å². The number of nitrogens with zero attached hydrogens (tertiary/aromatic N) is 3. The van der Waals surface area contributed by atoms with Crippen molar-refractivity contribution in [1.29, 1.82) is 0 Å². The number of nitrogens with one attached hydrogen (secondary N) is 1. The first-order valence-corrected chi connectivity index (χ1v) is 11.7. The molecule has 1 amide bonds. The van der Waals surface area contributed by atoms with Gasteiger partial charge in [0.15, 0.2) is 9.84 Å². The van der Waals surface area contributed by atoms with Gasteiger partial charge in [0.2, 0.25) is 5.91 Å². The summed E-state index contributed by atoms with van der Waals surface area (Å²) in [6.07, 6.45) is 8.02. The molecule has 146 valence electrons. The minimum atomic E-state index is -3.07. The summed E-state index contributed by atoms with van der Waals surface area (Å²) < 4.78 is 23.4. The van der Waals surface area contributed by atoms with Gasteiger partial charge >= 0.3 is 0 Å². The minimum absolute atomic E-state index is 0.0273. The van der Waals surface area contributed by atoms with Gasteiger partial charge in [0.1, 0.15) is 11.7 Å². The zero-order valence-electron chi connectivity index (χ0n) is 15.1. The molecule has 2 saturated carbocycles. The van der Waals surface area contributed by atoms with Gasteiger partial charge in [0.05, 0.1) is 30.0 Å². The quantitative estimate of drug-likeness (QED) is 0.734. The number of carbonyl (C=O) groups excluding carboxylic acids is 1. The van der Waals surface area contributed by atoms with E-state index in [-0.39, 0.29) is 35.2 Å². The van der Waals surface area contributed by atoms with Crippen LogP contribution in [-0.2, 0) is 14.6 Å². The van der Waals surface area contributed by atoms with Crippen molar-refractivity contribution >= 4 is 15.7 Å². The standard InChI is InChI=1S/C17H29N5O3S/c18-17(7-8-17)22-10-14(20-21-22)15(12-4-2-1-3-5-12)19-16(23)13-6-9-26(24,25)11-13/h12-15H,1-11,18H2,(H,19,23)/t13?,14?,15-/m0/s1. The van der Waals surface area contributed by atoms with Crippen LogP contribution < -0.4 is 11.1 Å². The first-order chi connectivity index (χ1) is 12.4. The molecule has 9 heteroatoms. The van der Waals surface area contributed by atoms with E-state index in [1.165, 1.54) is 19.3 Å². The van der Waals surface area contributed by atoms with Gasteiger partial charge in [0, 0.05) is 0 Å². The van der Waals surface area contributed by atoms with Crippen molar-refractivity contribution in [3.05, 3.63) is 0 Å². The fourth-order valence-corrected chi connectivity index (χ4v) is 6.27. The van der Waals surface area contributed by atoms with E-state index in [9.17, 15) is 13.2 Å². The SMILES string of the molecule is NC1(N2CC([C@@H](NC(=O)C3CCS(=O)(=O)C3)C3CCCCC3)N=N2)CC1. The highest BCUT2D eigenvalue weighted by atomic mass is 32.2. The van der Waals surface area contributed by atoms with Crippen LogP contribution >= 0.6 is 0 Å². The minimum Gasteiger partial charge on any atom is -0.351 e. The molecule has 1 saturated heterocycles. The third-order valence-electron chi connectivity index (χ3n) is 6.43. The number of rotatable bonds is 5. The van der Waals surface area contributed by atoms with Gasteiger partial charge in [0.25, 0.3) is 0 Å². The van der Waals surface area contributed by atoms with Crippen molar-refractivity contribution in [3.8, 4) is 0 Å². The first-order valence-electron chi connectivity index (χ1n) is 9.84. The fraction of sp³-hybridized carbons (Fsp3) is 0.941. The molecule has 0 aromatic carbocycles. The van der Waals surface area contributed by atoms with E-state index in [1.54, 1.807) is 0 Å². The van der Waals surface area contributed by atoms with Crippen LogP contribution in [0.2, 0.25) is 0 Å². The molecule has 26 heavy (non-hydrogen) atoms. The molecule has 2 heterocycles. The van der Waals surface area contributed by atoms with E-state index in [0.29, 0.717) is 18.9 Å². The lowest BCUT2D eigenvalue weighted by Gasteiger charge is -2.34. The Labute approximate surface area is 154 Å². The summed E-state index contributed by atoms with van der Waals surface area (Å²) in [5, 5.41) is 13.8. The Bertz CT molecular complexity index is 685.